The molecule has 0 fully saturated rings. The van der Waals surface area contributed by atoms with Gasteiger partial charge in [0.15, 0.2) is 0 Å². The lowest BCUT2D eigenvalue weighted by Crippen LogP contribution is -2.13. The lowest BCUT2D eigenvalue weighted by molar-refractivity contribution is -0.112. The number of hydrogen-bond acceptors (Lipinski definition) is 3. The Kier molecular flexibility index (Phi) is 8.00. The monoisotopic (exact) mass is 534 g/mol. The molecule has 3 aromatic carbocycles. The Morgan fingerprint density at radius 3 is 2.58 bits per heavy atom. The molecule has 3 rings (SSSR count). The smallest absolute Gasteiger partial charge is 0.266 e. The fraction of sp³-hybridized carbons (Fsp3) is 0.0435. The number of hydrogen-bond donors (Lipinski definition) is 1. The summed E-state index contributed by atoms with van der Waals surface area (Å²) in [5.41, 5.74) is 1.79. The van der Waals surface area contributed by atoms with Gasteiger partial charge in [0.2, 0.25) is 0 Å². The Bertz CT molecular complexity index is 1210. The highest BCUT2D eigenvalue weighted by Gasteiger charge is 2.12. The average molecular weight is 537 g/mol. The minimum Gasteiger partial charge on any atom is -0.488 e. The molecular formula is C23H14BrCl3N2O2. The van der Waals surface area contributed by atoms with Gasteiger partial charge in [0.25, 0.3) is 5.91 Å². The molecule has 0 unspecified atom stereocenters. The van der Waals surface area contributed by atoms with Crippen molar-refractivity contribution in [1.29, 1.82) is 5.26 Å². The highest BCUT2D eigenvalue weighted by atomic mass is 79.9. The molecule has 3 aromatic rings. The third kappa shape index (κ3) is 6.49. The molecule has 0 aliphatic rings. The van der Waals surface area contributed by atoms with Gasteiger partial charge in [-0.15, -0.1) is 0 Å². The first-order valence-electron chi connectivity index (χ1n) is 8.90. The van der Waals surface area contributed by atoms with E-state index in [1.54, 1.807) is 54.6 Å². The minimum absolute atomic E-state index is 0.0857. The van der Waals surface area contributed by atoms with Crippen LogP contribution in [0.2, 0.25) is 15.1 Å². The van der Waals surface area contributed by atoms with E-state index in [0.29, 0.717) is 32.1 Å². The van der Waals surface area contributed by atoms with E-state index in [-0.39, 0.29) is 12.2 Å². The maximum atomic E-state index is 12.6. The van der Waals surface area contributed by atoms with Crippen LogP contribution in [0.1, 0.15) is 11.1 Å². The second-order valence-electron chi connectivity index (χ2n) is 6.35. The van der Waals surface area contributed by atoms with Crippen LogP contribution < -0.4 is 10.1 Å². The maximum absolute atomic E-state index is 12.6. The second-order valence-corrected chi connectivity index (χ2v) is 8.52. The number of amides is 1. The topological polar surface area (TPSA) is 62.1 Å². The van der Waals surface area contributed by atoms with E-state index in [0.717, 1.165) is 10.0 Å². The number of carbonyl (C=O) groups excluding carboxylic acids is 1. The number of anilines is 1. The standard InChI is InChI=1S/C23H14BrCl3N2O2/c24-17-5-7-22(31-13-14-4-6-20(26)21(27)8-14)15(10-17)9-16(12-28)23(30)29-19-3-1-2-18(25)11-19/h1-11H,13H2,(H,29,30)/b16-9+. The molecule has 0 heterocycles. The summed E-state index contributed by atoms with van der Waals surface area (Å²) >= 11 is 21.4. The van der Waals surface area contributed by atoms with E-state index < -0.39 is 5.91 Å². The second kappa shape index (κ2) is 10.7. The van der Waals surface area contributed by atoms with Crippen molar-refractivity contribution in [2.75, 3.05) is 5.32 Å². The number of halogens is 4. The predicted octanol–water partition coefficient (Wildman–Crippen LogP) is 7.53. The summed E-state index contributed by atoms with van der Waals surface area (Å²) in [5.74, 6) is -0.0576. The van der Waals surface area contributed by atoms with Gasteiger partial charge in [-0.05, 0) is 60.2 Å². The van der Waals surface area contributed by atoms with E-state index in [1.807, 2.05) is 12.1 Å². The number of benzene rings is 3. The van der Waals surface area contributed by atoms with Crippen LogP contribution in [0.4, 0.5) is 5.69 Å². The van der Waals surface area contributed by atoms with E-state index in [2.05, 4.69) is 21.2 Å². The summed E-state index contributed by atoms with van der Waals surface area (Å²) < 4.78 is 6.68. The number of carbonyl (C=O) groups is 1. The van der Waals surface area contributed by atoms with Crippen LogP contribution in [0.5, 0.6) is 5.75 Å². The first-order chi connectivity index (χ1) is 14.9. The van der Waals surface area contributed by atoms with E-state index in [1.165, 1.54) is 6.08 Å². The van der Waals surface area contributed by atoms with Crippen molar-refractivity contribution < 1.29 is 9.53 Å². The lowest BCUT2D eigenvalue weighted by Gasteiger charge is -2.11. The van der Waals surface area contributed by atoms with Gasteiger partial charge in [0, 0.05) is 20.7 Å². The summed E-state index contributed by atoms with van der Waals surface area (Å²) in [6, 6.07) is 19.1. The summed E-state index contributed by atoms with van der Waals surface area (Å²) in [7, 11) is 0. The predicted molar refractivity (Wildman–Crippen MR) is 129 cm³/mol. The molecule has 1 N–H and O–H groups in total. The fourth-order valence-corrected chi connectivity index (χ4v) is 3.51. The molecule has 1 amide bonds. The number of nitrogens with zero attached hydrogens (tertiary/aromatic N) is 1. The van der Waals surface area contributed by atoms with Crippen molar-refractivity contribution in [3.05, 3.63) is 96.9 Å². The molecule has 0 radical (unpaired) electrons. The highest BCUT2D eigenvalue weighted by Crippen LogP contribution is 2.28. The number of rotatable bonds is 6. The molecule has 4 nitrogen and oxygen atoms in total. The van der Waals surface area contributed by atoms with E-state index in [9.17, 15) is 10.1 Å². The molecule has 0 spiro atoms. The lowest BCUT2D eigenvalue weighted by atomic mass is 10.1. The van der Waals surface area contributed by atoms with E-state index >= 15 is 0 Å². The first kappa shape index (κ1) is 23.2. The molecule has 0 aliphatic carbocycles. The zero-order valence-electron chi connectivity index (χ0n) is 15.8. The molecule has 8 heteroatoms. The quantitative estimate of drug-likeness (QED) is 0.262. The number of nitrogens with one attached hydrogen (secondary N) is 1. The number of ether oxygens (including phenoxy) is 1. The molecule has 0 atom stereocenters. The van der Waals surface area contributed by atoms with Gasteiger partial charge in [-0.1, -0.05) is 62.9 Å². The third-order valence-corrected chi connectivity index (χ3v) is 5.56. The average Bonchev–Trinajstić information content (AvgIpc) is 2.73. The SMILES string of the molecule is N#C/C(=C\c1cc(Br)ccc1OCc1ccc(Cl)c(Cl)c1)C(=O)Nc1cccc(Cl)c1. The van der Waals surface area contributed by atoms with Crippen LogP contribution in [0.25, 0.3) is 6.08 Å². The van der Waals surface area contributed by atoms with Crippen LogP contribution in [-0.4, -0.2) is 5.91 Å². The summed E-state index contributed by atoms with van der Waals surface area (Å²) in [6.45, 7) is 0.232. The number of nitriles is 1. The first-order valence-corrected chi connectivity index (χ1v) is 10.8. The van der Waals surface area contributed by atoms with Gasteiger partial charge < -0.3 is 10.1 Å². The van der Waals surface area contributed by atoms with Gasteiger partial charge >= 0.3 is 0 Å². The molecule has 0 saturated carbocycles. The Morgan fingerprint density at radius 1 is 1.06 bits per heavy atom. The summed E-state index contributed by atoms with van der Waals surface area (Å²) in [4.78, 5) is 12.6. The van der Waals surface area contributed by atoms with Gasteiger partial charge in [-0.25, -0.2) is 0 Å². The van der Waals surface area contributed by atoms with Crippen LogP contribution >= 0.6 is 50.7 Å². The molecule has 31 heavy (non-hydrogen) atoms. The van der Waals surface area contributed by atoms with Gasteiger partial charge in [-0.2, -0.15) is 5.26 Å². The Morgan fingerprint density at radius 2 is 1.87 bits per heavy atom. The van der Waals surface area contributed by atoms with Crippen molar-refractivity contribution in [2.24, 2.45) is 0 Å². The molecular weight excluding hydrogens is 523 g/mol. The van der Waals surface area contributed by atoms with Crippen molar-refractivity contribution in [3.63, 3.8) is 0 Å². The highest BCUT2D eigenvalue weighted by molar-refractivity contribution is 9.10. The minimum atomic E-state index is -0.555. The molecule has 0 saturated heterocycles. The largest absolute Gasteiger partial charge is 0.488 e. The van der Waals surface area contributed by atoms with Crippen LogP contribution in [0, 0.1) is 11.3 Å². The van der Waals surface area contributed by atoms with Crippen LogP contribution in [0.15, 0.2) is 70.7 Å². The normalized spacial score (nSPS) is 11.0. The van der Waals surface area contributed by atoms with Crippen molar-refractivity contribution in [2.45, 2.75) is 6.61 Å². The molecule has 156 valence electrons. The maximum Gasteiger partial charge on any atom is 0.266 e. The molecule has 0 bridgehead atoms. The molecule has 0 aliphatic heterocycles. The van der Waals surface area contributed by atoms with Crippen LogP contribution in [-0.2, 0) is 11.4 Å². The van der Waals surface area contributed by atoms with Crippen molar-refractivity contribution in [1.82, 2.24) is 0 Å². The molecule has 0 aromatic heterocycles. The Hall–Kier alpha value is -2.49. The zero-order valence-corrected chi connectivity index (χ0v) is 19.7. The van der Waals surface area contributed by atoms with Gasteiger partial charge in [-0.3, -0.25) is 4.79 Å². The fourth-order valence-electron chi connectivity index (χ4n) is 2.62. The van der Waals surface area contributed by atoms with Crippen LogP contribution in [0.3, 0.4) is 0 Å². The Balaban J connectivity index is 1.83. The van der Waals surface area contributed by atoms with Crippen molar-refractivity contribution in [3.8, 4) is 11.8 Å². The Labute approximate surface area is 203 Å². The van der Waals surface area contributed by atoms with Gasteiger partial charge in [0.05, 0.1) is 10.0 Å². The summed E-state index contributed by atoms with van der Waals surface area (Å²) in [6.07, 6.45) is 1.47. The summed E-state index contributed by atoms with van der Waals surface area (Å²) in [5, 5.41) is 13.6. The van der Waals surface area contributed by atoms with E-state index in [4.69, 9.17) is 39.5 Å². The third-order valence-electron chi connectivity index (χ3n) is 4.10. The van der Waals surface area contributed by atoms with Crippen molar-refractivity contribution >= 4 is 68.4 Å². The zero-order chi connectivity index (χ0) is 22.4. The van der Waals surface area contributed by atoms with Gasteiger partial charge in [0.1, 0.15) is 24.0 Å².